The van der Waals surface area contributed by atoms with Crippen molar-refractivity contribution >= 4 is 11.6 Å². The minimum absolute atomic E-state index is 0.0247. The van der Waals surface area contributed by atoms with Gasteiger partial charge in [0.05, 0.1) is 12.2 Å². The number of aliphatic hydroxyl groups is 1. The second-order valence-electron chi connectivity index (χ2n) is 6.83. The van der Waals surface area contributed by atoms with E-state index in [1.54, 1.807) is 12.1 Å². The molecule has 0 spiro atoms. The summed E-state index contributed by atoms with van der Waals surface area (Å²) >= 11 is 6.25. The smallest absolute Gasteiger partial charge is 0.387 e. The van der Waals surface area contributed by atoms with Gasteiger partial charge in [0.2, 0.25) is 0 Å². The lowest BCUT2D eigenvalue weighted by Crippen LogP contribution is -2.13. The Morgan fingerprint density at radius 1 is 1.32 bits per heavy atom. The van der Waals surface area contributed by atoms with Crippen molar-refractivity contribution in [1.82, 2.24) is 0 Å². The van der Waals surface area contributed by atoms with Crippen LogP contribution in [-0.2, 0) is 0 Å². The molecule has 1 aliphatic carbocycles. The Labute approximate surface area is 170 Å². The SMILES string of the molecule is C=C/C(Cl)=C(C[C@H](O)c1ccc(OC(F)F)c(OC2CCCC2)c1)\C(C)=C/C. The summed E-state index contributed by atoms with van der Waals surface area (Å²) in [5, 5.41) is 11.2. The van der Waals surface area contributed by atoms with E-state index in [0.29, 0.717) is 10.6 Å². The van der Waals surface area contributed by atoms with Crippen LogP contribution in [0.5, 0.6) is 11.5 Å². The molecule has 0 unspecified atom stereocenters. The first-order valence-electron chi connectivity index (χ1n) is 9.43. The van der Waals surface area contributed by atoms with E-state index in [1.165, 1.54) is 12.1 Å². The van der Waals surface area contributed by atoms with Gasteiger partial charge in [0, 0.05) is 11.5 Å². The van der Waals surface area contributed by atoms with Crippen LogP contribution in [-0.4, -0.2) is 17.8 Å². The van der Waals surface area contributed by atoms with Gasteiger partial charge in [-0.15, -0.1) is 0 Å². The molecule has 1 atom stereocenters. The van der Waals surface area contributed by atoms with Crippen molar-refractivity contribution < 1.29 is 23.4 Å². The molecular weight excluding hydrogens is 386 g/mol. The van der Waals surface area contributed by atoms with E-state index >= 15 is 0 Å². The molecular formula is C22H27ClF2O3. The van der Waals surface area contributed by atoms with E-state index in [4.69, 9.17) is 16.3 Å². The quantitative estimate of drug-likeness (QED) is 0.460. The number of allylic oxidation sites excluding steroid dienone is 4. The number of rotatable bonds is 9. The van der Waals surface area contributed by atoms with E-state index in [0.717, 1.165) is 36.8 Å². The number of hydrogen-bond donors (Lipinski definition) is 1. The standard InChI is InChI=1S/C22H27ClF2O3/c1-4-14(3)17(18(23)5-2)13-19(26)15-10-11-20(28-22(24)25)21(12-15)27-16-8-6-7-9-16/h4-5,10-12,16,19,22,26H,2,6-9,13H2,1,3H3/b14-4-,18-17+/t19-/m0/s1. The molecule has 1 fully saturated rings. The molecule has 154 valence electrons. The number of aliphatic hydroxyl groups excluding tert-OH is 1. The highest BCUT2D eigenvalue weighted by atomic mass is 35.5. The van der Waals surface area contributed by atoms with Crippen LogP contribution in [0.15, 0.2) is 53.1 Å². The molecule has 0 saturated heterocycles. The number of hydrogen-bond acceptors (Lipinski definition) is 3. The molecule has 1 aliphatic rings. The zero-order chi connectivity index (χ0) is 20.7. The van der Waals surface area contributed by atoms with E-state index in [2.05, 4.69) is 11.3 Å². The first-order chi connectivity index (χ1) is 13.3. The number of halogens is 3. The van der Waals surface area contributed by atoms with Gasteiger partial charge in [-0.3, -0.25) is 0 Å². The zero-order valence-corrected chi connectivity index (χ0v) is 17.0. The lowest BCUT2D eigenvalue weighted by molar-refractivity contribution is -0.0520. The average molecular weight is 413 g/mol. The van der Waals surface area contributed by atoms with Crippen molar-refractivity contribution in [1.29, 1.82) is 0 Å². The lowest BCUT2D eigenvalue weighted by Gasteiger charge is -2.20. The largest absolute Gasteiger partial charge is 0.487 e. The molecule has 1 aromatic rings. The molecule has 1 saturated carbocycles. The predicted molar refractivity (Wildman–Crippen MR) is 108 cm³/mol. The zero-order valence-electron chi connectivity index (χ0n) is 16.3. The fourth-order valence-electron chi connectivity index (χ4n) is 3.26. The Bertz CT molecular complexity index is 737. The maximum absolute atomic E-state index is 12.7. The topological polar surface area (TPSA) is 38.7 Å². The molecule has 0 amide bonds. The van der Waals surface area contributed by atoms with Gasteiger partial charge in [-0.1, -0.05) is 42.0 Å². The van der Waals surface area contributed by atoms with Crippen molar-refractivity contribution in [3.63, 3.8) is 0 Å². The van der Waals surface area contributed by atoms with Crippen LogP contribution in [0.4, 0.5) is 8.78 Å². The van der Waals surface area contributed by atoms with Gasteiger partial charge >= 0.3 is 6.61 Å². The third kappa shape index (κ3) is 6.08. The van der Waals surface area contributed by atoms with Crippen molar-refractivity contribution in [3.8, 4) is 11.5 Å². The Morgan fingerprint density at radius 2 is 2.00 bits per heavy atom. The average Bonchev–Trinajstić information content (AvgIpc) is 3.18. The lowest BCUT2D eigenvalue weighted by atomic mass is 9.96. The van der Waals surface area contributed by atoms with Crippen LogP contribution in [0.1, 0.15) is 57.6 Å². The summed E-state index contributed by atoms with van der Waals surface area (Å²) in [4.78, 5) is 0. The molecule has 0 radical (unpaired) electrons. The molecule has 0 aromatic heterocycles. The van der Waals surface area contributed by atoms with Gasteiger partial charge in [-0.25, -0.2) is 0 Å². The van der Waals surface area contributed by atoms with E-state index < -0.39 is 12.7 Å². The van der Waals surface area contributed by atoms with Crippen LogP contribution in [0.2, 0.25) is 0 Å². The summed E-state index contributed by atoms with van der Waals surface area (Å²) in [5.41, 5.74) is 2.26. The summed E-state index contributed by atoms with van der Waals surface area (Å²) in [6.07, 6.45) is 6.65. The number of ether oxygens (including phenoxy) is 2. The predicted octanol–water partition coefficient (Wildman–Crippen LogP) is 6.68. The summed E-state index contributed by atoms with van der Waals surface area (Å²) in [6.45, 7) is 4.53. The van der Waals surface area contributed by atoms with Crippen LogP contribution in [0.3, 0.4) is 0 Å². The minimum atomic E-state index is -2.94. The third-order valence-corrected chi connectivity index (χ3v) is 5.32. The monoisotopic (exact) mass is 412 g/mol. The highest BCUT2D eigenvalue weighted by Crippen LogP contribution is 2.37. The second kappa shape index (κ2) is 10.6. The molecule has 6 heteroatoms. The maximum Gasteiger partial charge on any atom is 0.387 e. The van der Waals surface area contributed by atoms with E-state index in [9.17, 15) is 13.9 Å². The Hall–Kier alpha value is -1.85. The fourth-order valence-corrected chi connectivity index (χ4v) is 3.48. The van der Waals surface area contributed by atoms with Gasteiger partial charge in [-0.2, -0.15) is 8.78 Å². The van der Waals surface area contributed by atoms with E-state index in [1.807, 2.05) is 19.9 Å². The molecule has 3 nitrogen and oxygen atoms in total. The number of benzene rings is 1. The number of alkyl halides is 2. The van der Waals surface area contributed by atoms with Crippen molar-refractivity contribution in [3.05, 3.63) is 58.7 Å². The first kappa shape index (κ1) is 22.4. The second-order valence-corrected chi connectivity index (χ2v) is 7.24. The highest BCUT2D eigenvalue weighted by Gasteiger charge is 2.22. The maximum atomic E-state index is 12.7. The molecule has 0 heterocycles. The van der Waals surface area contributed by atoms with E-state index in [-0.39, 0.29) is 24.0 Å². The van der Waals surface area contributed by atoms with Gasteiger partial charge in [-0.05, 0) is 62.8 Å². The Balaban J connectivity index is 2.29. The molecule has 1 aromatic carbocycles. The highest BCUT2D eigenvalue weighted by molar-refractivity contribution is 6.31. The Kier molecular flexibility index (Phi) is 8.52. The van der Waals surface area contributed by atoms with Crippen molar-refractivity contribution in [2.24, 2.45) is 0 Å². The van der Waals surface area contributed by atoms with Crippen molar-refractivity contribution in [2.75, 3.05) is 0 Å². The van der Waals surface area contributed by atoms with Crippen LogP contribution >= 0.6 is 11.6 Å². The summed E-state index contributed by atoms with van der Waals surface area (Å²) < 4.78 is 36.0. The van der Waals surface area contributed by atoms with Gasteiger partial charge in [0.25, 0.3) is 0 Å². The fraction of sp³-hybridized carbons (Fsp3) is 0.455. The Morgan fingerprint density at radius 3 is 2.57 bits per heavy atom. The summed E-state index contributed by atoms with van der Waals surface area (Å²) in [7, 11) is 0. The van der Waals surface area contributed by atoms with Crippen LogP contribution in [0.25, 0.3) is 0 Å². The van der Waals surface area contributed by atoms with Crippen molar-refractivity contribution in [2.45, 2.75) is 64.8 Å². The minimum Gasteiger partial charge on any atom is -0.487 e. The molecule has 28 heavy (non-hydrogen) atoms. The van der Waals surface area contributed by atoms with Gasteiger partial charge in [0.15, 0.2) is 11.5 Å². The molecule has 0 bridgehead atoms. The first-order valence-corrected chi connectivity index (χ1v) is 9.81. The van der Waals surface area contributed by atoms with Gasteiger partial charge < -0.3 is 14.6 Å². The molecule has 0 aliphatic heterocycles. The third-order valence-electron chi connectivity index (χ3n) is 4.94. The summed E-state index contributed by atoms with van der Waals surface area (Å²) in [6, 6.07) is 4.55. The molecule has 2 rings (SSSR count). The normalized spacial score (nSPS) is 17.5. The van der Waals surface area contributed by atoms with Crippen LogP contribution in [0, 0.1) is 0 Å². The van der Waals surface area contributed by atoms with Gasteiger partial charge in [0.1, 0.15) is 0 Å². The summed E-state index contributed by atoms with van der Waals surface area (Å²) in [5.74, 6) is 0.203. The van der Waals surface area contributed by atoms with Crippen LogP contribution < -0.4 is 9.47 Å². The molecule has 1 N–H and O–H groups in total.